The minimum atomic E-state index is -0.285. The fourth-order valence-electron chi connectivity index (χ4n) is 3.01. The molecule has 0 aliphatic rings. The molecule has 0 bridgehead atoms. The maximum Gasteiger partial charge on any atom is 0.147 e. The Kier molecular flexibility index (Phi) is 4.54. The van der Waals surface area contributed by atoms with E-state index in [4.69, 9.17) is 0 Å². The molecule has 2 aromatic heterocycles. The first-order valence-electron chi connectivity index (χ1n) is 8.22. The Hall–Kier alpha value is -2.92. The van der Waals surface area contributed by atoms with Gasteiger partial charge in [-0.1, -0.05) is 58.4 Å². The summed E-state index contributed by atoms with van der Waals surface area (Å²) in [6.07, 6.45) is 3.42. The van der Waals surface area contributed by atoms with Crippen LogP contribution in [0, 0.1) is 0 Å². The zero-order valence-electron chi connectivity index (χ0n) is 13.8. The number of aromatic hydroxyl groups is 1. The van der Waals surface area contributed by atoms with Crippen LogP contribution in [0.5, 0.6) is 5.75 Å². The van der Waals surface area contributed by atoms with Gasteiger partial charge in [-0.2, -0.15) is 0 Å². The van der Waals surface area contributed by atoms with E-state index in [0.717, 1.165) is 26.8 Å². The quantitative estimate of drug-likeness (QED) is 0.483. The normalized spacial score (nSPS) is 12.0. The van der Waals surface area contributed by atoms with Gasteiger partial charge in [0.2, 0.25) is 0 Å². The van der Waals surface area contributed by atoms with Gasteiger partial charge in [0.15, 0.2) is 0 Å². The fraction of sp³-hybridized carbons (Fsp3) is 0.0476. The lowest BCUT2D eigenvalue weighted by atomic mass is 9.96. The Bertz CT molecular complexity index is 1050. The van der Waals surface area contributed by atoms with Crippen molar-refractivity contribution in [2.45, 2.75) is 6.04 Å². The monoisotopic (exact) mass is 405 g/mol. The largest absolute Gasteiger partial charge is 0.505 e. The number of fused-ring (bicyclic) bond motifs is 1. The fourth-order valence-corrected chi connectivity index (χ4v) is 3.52. The molecule has 26 heavy (non-hydrogen) atoms. The molecule has 2 N–H and O–H groups in total. The van der Waals surface area contributed by atoms with E-state index in [2.05, 4.69) is 31.2 Å². The zero-order valence-corrected chi connectivity index (χ0v) is 15.4. The number of hydrogen-bond donors (Lipinski definition) is 2. The molecule has 0 fully saturated rings. The molecule has 0 spiro atoms. The second kappa shape index (κ2) is 7.14. The molecular weight excluding hydrogens is 390 g/mol. The lowest BCUT2D eigenvalue weighted by molar-refractivity contribution is 0.471. The van der Waals surface area contributed by atoms with E-state index in [-0.39, 0.29) is 11.8 Å². The molecule has 0 saturated heterocycles. The van der Waals surface area contributed by atoms with Crippen molar-refractivity contribution in [3.05, 3.63) is 94.7 Å². The molecule has 128 valence electrons. The number of halogens is 1. The van der Waals surface area contributed by atoms with Gasteiger partial charge in [-0.15, -0.1) is 0 Å². The molecule has 2 heterocycles. The van der Waals surface area contributed by atoms with Gasteiger partial charge in [-0.3, -0.25) is 4.98 Å². The van der Waals surface area contributed by atoms with Gasteiger partial charge in [0, 0.05) is 27.8 Å². The Labute approximate surface area is 159 Å². The summed E-state index contributed by atoms with van der Waals surface area (Å²) in [5.41, 5.74) is 2.34. The van der Waals surface area contributed by atoms with Crippen LogP contribution >= 0.6 is 15.9 Å². The molecule has 0 unspecified atom stereocenters. The topological polar surface area (TPSA) is 58.0 Å². The number of pyridine rings is 2. The zero-order chi connectivity index (χ0) is 17.9. The third-order valence-corrected chi connectivity index (χ3v) is 4.99. The Balaban J connectivity index is 1.88. The van der Waals surface area contributed by atoms with Gasteiger partial charge in [-0.25, -0.2) is 4.98 Å². The third-order valence-electron chi connectivity index (χ3n) is 4.26. The van der Waals surface area contributed by atoms with Crippen LogP contribution in [0.1, 0.15) is 17.2 Å². The molecule has 0 aliphatic heterocycles. The van der Waals surface area contributed by atoms with Crippen LogP contribution in [0.3, 0.4) is 0 Å². The number of benzene rings is 2. The predicted molar refractivity (Wildman–Crippen MR) is 107 cm³/mol. The summed E-state index contributed by atoms with van der Waals surface area (Å²) in [4.78, 5) is 8.71. The highest BCUT2D eigenvalue weighted by atomic mass is 79.9. The number of phenols is 1. The second-order valence-corrected chi connectivity index (χ2v) is 6.75. The van der Waals surface area contributed by atoms with E-state index in [9.17, 15) is 5.11 Å². The SMILES string of the molecule is Oc1c([C@@H](Nc2ccccn2)c2ccccc2Br)ccc2cccnc12. The molecular formula is C21H16BrN3O. The van der Waals surface area contributed by atoms with Crippen LogP contribution in [0.2, 0.25) is 0 Å². The van der Waals surface area contributed by atoms with Crippen molar-refractivity contribution in [1.29, 1.82) is 0 Å². The van der Waals surface area contributed by atoms with Crippen molar-refractivity contribution in [2.24, 2.45) is 0 Å². The Morgan fingerprint density at radius 2 is 1.62 bits per heavy atom. The first kappa shape index (κ1) is 16.5. The molecule has 0 radical (unpaired) electrons. The van der Waals surface area contributed by atoms with Crippen LogP contribution in [0.4, 0.5) is 5.82 Å². The number of nitrogens with one attached hydrogen (secondary N) is 1. The van der Waals surface area contributed by atoms with Gasteiger partial charge < -0.3 is 10.4 Å². The summed E-state index contributed by atoms with van der Waals surface area (Å²) in [6, 6.07) is 21.1. The molecule has 0 aliphatic carbocycles. The van der Waals surface area contributed by atoms with E-state index in [1.807, 2.05) is 66.7 Å². The van der Waals surface area contributed by atoms with Crippen LogP contribution in [-0.4, -0.2) is 15.1 Å². The molecule has 4 nitrogen and oxygen atoms in total. The summed E-state index contributed by atoms with van der Waals surface area (Å²) < 4.78 is 0.953. The van der Waals surface area contributed by atoms with Crippen LogP contribution in [0.25, 0.3) is 10.9 Å². The number of nitrogens with zero attached hydrogens (tertiary/aromatic N) is 2. The minimum Gasteiger partial charge on any atom is -0.505 e. The van der Waals surface area contributed by atoms with Crippen molar-refractivity contribution < 1.29 is 5.11 Å². The molecule has 0 amide bonds. The highest BCUT2D eigenvalue weighted by Crippen LogP contribution is 2.38. The molecule has 0 saturated carbocycles. The van der Waals surface area contributed by atoms with E-state index in [0.29, 0.717) is 5.52 Å². The lowest BCUT2D eigenvalue weighted by Gasteiger charge is -2.23. The molecule has 2 aromatic carbocycles. The minimum absolute atomic E-state index is 0.173. The standard InChI is InChI=1S/C21H16BrN3O/c22-17-8-2-1-7-15(17)20(25-18-9-3-4-12-23-18)16-11-10-14-6-5-13-24-19(14)21(16)26/h1-13,20,26H,(H,23,25)/t20-/m0/s1. The summed E-state index contributed by atoms with van der Waals surface area (Å²) >= 11 is 3.62. The van der Waals surface area contributed by atoms with E-state index >= 15 is 0 Å². The number of phenolic OH excluding ortho intramolecular Hbond substituents is 1. The molecule has 5 heteroatoms. The lowest BCUT2D eigenvalue weighted by Crippen LogP contribution is -2.14. The highest BCUT2D eigenvalue weighted by Gasteiger charge is 2.22. The van der Waals surface area contributed by atoms with Crippen molar-refractivity contribution in [1.82, 2.24) is 9.97 Å². The van der Waals surface area contributed by atoms with Crippen molar-refractivity contribution >= 4 is 32.7 Å². The molecule has 4 rings (SSSR count). The summed E-state index contributed by atoms with van der Waals surface area (Å²) in [7, 11) is 0. The number of rotatable bonds is 4. The van der Waals surface area contributed by atoms with Crippen molar-refractivity contribution in [3.63, 3.8) is 0 Å². The Morgan fingerprint density at radius 3 is 2.42 bits per heavy atom. The highest BCUT2D eigenvalue weighted by molar-refractivity contribution is 9.10. The Morgan fingerprint density at radius 1 is 0.808 bits per heavy atom. The first-order valence-corrected chi connectivity index (χ1v) is 9.02. The van der Waals surface area contributed by atoms with Crippen molar-refractivity contribution in [3.8, 4) is 5.75 Å². The van der Waals surface area contributed by atoms with Gasteiger partial charge in [0.25, 0.3) is 0 Å². The third kappa shape index (κ3) is 3.13. The number of anilines is 1. The molecule has 1 atom stereocenters. The maximum atomic E-state index is 10.9. The number of hydrogen-bond acceptors (Lipinski definition) is 4. The number of aromatic nitrogens is 2. The summed E-state index contributed by atoms with van der Waals surface area (Å²) in [6.45, 7) is 0. The molecule has 4 aromatic rings. The van der Waals surface area contributed by atoms with Crippen LogP contribution < -0.4 is 5.32 Å². The maximum absolute atomic E-state index is 10.9. The van der Waals surface area contributed by atoms with Crippen LogP contribution in [0.15, 0.2) is 83.6 Å². The van der Waals surface area contributed by atoms with Gasteiger partial charge in [0.05, 0.1) is 6.04 Å². The summed E-state index contributed by atoms with van der Waals surface area (Å²) in [5.74, 6) is 0.904. The second-order valence-electron chi connectivity index (χ2n) is 5.89. The van der Waals surface area contributed by atoms with E-state index in [1.54, 1.807) is 12.4 Å². The van der Waals surface area contributed by atoms with Gasteiger partial charge >= 0.3 is 0 Å². The summed E-state index contributed by atoms with van der Waals surface area (Å²) in [5, 5.41) is 15.2. The van der Waals surface area contributed by atoms with Crippen molar-refractivity contribution in [2.75, 3.05) is 5.32 Å². The average Bonchev–Trinajstić information content (AvgIpc) is 2.68. The van der Waals surface area contributed by atoms with Crippen LogP contribution in [-0.2, 0) is 0 Å². The van der Waals surface area contributed by atoms with Gasteiger partial charge in [0.1, 0.15) is 17.1 Å². The smallest absolute Gasteiger partial charge is 0.147 e. The van der Waals surface area contributed by atoms with E-state index < -0.39 is 0 Å². The predicted octanol–water partition coefficient (Wildman–Crippen LogP) is 5.30. The average molecular weight is 406 g/mol. The van der Waals surface area contributed by atoms with E-state index in [1.165, 1.54) is 0 Å². The first-order chi connectivity index (χ1) is 12.7. The van der Waals surface area contributed by atoms with Gasteiger partial charge in [-0.05, 0) is 29.8 Å².